The van der Waals surface area contributed by atoms with Crippen molar-refractivity contribution in [1.82, 2.24) is 5.32 Å². The van der Waals surface area contributed by atoms with Gasteiger partial charge in [-0.05, 0) is 44.5 Å². The molecule has 0 radical (unpaired) electrons. The molecule has 0 aliphatic heterocycles. The Labute approximate surface area is 115 Å². The number of halogens is 1. The zero-order chi connectivity index (χ0) is 14.3. The topological polar surface area (TPSA) is 30.5 Å². The molecule has 1 aromatic rings. The number of hydrogen-bond donors (Lipinski definition) is 1. The van der Waals surface area contributed by atoms with Gasteiger partial charge in [-0.2, -0.15) is 0 Å². The van der Waals surface area contributed by atoms with E-state index in [4.69, 9.17) is 9.47 Å². The van der Waals surface area contributed by atoms with Crippen molar-refractivity contribution in [2.45, 2.75) is 39.3 Å². The van der Waals surface area contributed by atoms with Gasteiger partial charge in [-0.25, -0.2) is 4.39 Å². The largest absolute Gasteiger partial charge is 0.488 e. The lowest BCUT2D eigenvalue weighted by Gasteiger charge is -2.16. The van der Waals surface area contributed by atoms with Crippen molar-refractivity contribution in [1.29, 1.82) is 0 Å². The lowest BCUT2D eigenvalue weighted by Crippen LogP contribution is -2.19. The summed E-state index contributed by atoms with van der Waals surface area (Å²) in [6, 6.07) is 5.24. The standard InChI is InChI=1S/C15H24FNO2/c1-5-8-17-12(3)13-6-7-15(14(16)9-13)19-10-11(2)18-4/h6-7,9,11-12,17H,5,8,10H2,1-4H3. The van der Waals surface area contributed by atoms with Gasteiger partial charge in [0.1, 0.15) is 6.61 Å². The lowest BCUT2D eigenvalue weighted by atomic mass is 10.1. The fraction of sp³-hybridized carbons (Fsp3) is 0.600. The number of nitrogens with one attached hydrogen (secondary N) is 1. The average Bonchev–Trinajstić information content (AvgIpc) is 2.42. The number of hydrogen-bond acceptors (Lipinski definition) is 3. The summed E-state index contributed by atoms with van der Waals surface area (Å²) in [5, 5.41) is 3.33. The molecule has 0 heterocycles. The van der Waals surface area contributed by atoms with Crippen molar-refractivity contribution < 1.29 is 13.9 Å². The third kappa shape index (κ3) is 5.17. The van der Waals surface area contributed by atoms with Gasteiger partial charge in [0.25, 0.3) is 0 Å². The van der Waals surface area contributed by atoms with Gasteiger partial charge in [-0.3, -0.25) is 0 Å². The molecule has 0 aliphatic rings. The molecular formula is C15H24FNO2. The molecule has 0 aromatic heterocycles. The van der Waals surface area contributed by atoms with Gasteiger partial charge in [-0.15, -0.1) is 0 Å². The highest BCUT2D eigenvalue weighted by Crippen LogP contribution is 2.22. The third-order valence-corrected chi connectivity index (χ3v) is 3.03. The van der Waals surface area contributed by atoms with Crippen LogP contribution in [0.3, 0.4) is 0 Å². The van der Waals surface area contributed by atoms with E-state index >= 15 is 0 Å². The zero-order valence-electron chi connectivity index (χ0n) is 12.2. The van der Waals surface area contributed by atoms with Crippen molar-refractivity contribution in [2.24, 2.45) is 0 Å². The predicted octanol–water partition coefficient (Wildman–Crippen LogP) is 3.30. The second kappa shape index (κ2) is 8.12. The van der Waals surface area contributed by atoms with Crippen LogP contribution in [-0.2, 0) is 4.74 Å². The predicted molar refractivity (Wildman–Crippen MR) is 75.1 cm³/mol. The molecule has 0 saturated heterocycles. The first kappa shape index (κ1) is 15.9. The van der Waals surface area contributed by atoms with E-state index in [-0.39, 0.29) is 23.7 Å². The molecule has 0 bridgehead atoms. The number of ether oxygens (including phenoxy) is 2. The van der Waals surface area contributed by atoms with Crippen molar-refractivity contribution in [3.05, 3.63) is 29.6 Å². The van der Waals surface area contributed by atoms with E-state index in [2.05, 4.69) is 12.2 Å². The third-order valence-electron chi connectivity index (χ3n) is 3.03. The molecule has 2 atom stereocenters. The fourth-order valence-electron chi connectivity index (χ4n) is 1.66. The van der Waals surface area contributed by atoms with Crippen LogP contribution in [0, 0.1) is 5.82 Å². The summed E-state index contributed by atoms with van der Waals surface area (Å²) in [4.78, 5) is 0. The first-order chi connectivity index (χ1) is 9.08. The molecule has 0 amide bonds. The van der Waals surface area contributed by atoms with Gasteiger partial charge in [-0.1, -0.05) is 13.0 Å². The molecule has 0 fully saturated rings. The van der Waals surface area contributed by atoms with Crippen LogP contribution in [0.15, 0.2) is 18.2 Å². The van der Waals surface area contributed by atoms with Crippen LogP contribution in [0.2, 0.25) is 0 Å². The molecule has 108 valence electrons. The minimum absolute atomic E-state index is 0.0516. The number of rotatable bonds is 8. The Morgan fingerprint density at radius 3 is 2.63 bits per heavy atom. The molecule has 0 spiro atoms. The quantitative estimate of drug-likeness (QED) is 0.785. The van der Waals surface area contributed by atoms with Crippen molar-refractivity contribution >= 4 is 0 Å². The Morgan fingerprint density at radius 1 is 1.32 bits per heavy atom. The second-order valence-electron chi connectivity index (χ2n) is 4.72. The van der Waals surface area contributed by atoms with Crippen molar-refractivity contribution in [2.75, 3.05) is 20.3 Å². The molecule has 1 aromatic carbocycles. The highest BCUT2D eigenvalue weighted by molar-refractivity contribution is 5.30. The van der Waals surface area contributed by atoms with E-state index in [0.29, 0.717) is 6.61 Å². The summed E-state index contributed by atoms with van der Waals surface area (Å²) in [6.07, 6.45) is 1.01. The Balaban J connectivity index is 2.63. The highest BCUT2D eigenvalue weighted by Gasteiger charge is 2.10. The van der Waals surface area contributed by atoms with E-state index < -0.39 is 0 Å². The summed E-state index contributed by atoms with van der Waals surface area (Å²) in [5.74, 6) is -0.0544. The van der Waals surface area contributed by atoms with E-state index in [1.807, 2.05) is 19.9 Å². The maximum atomic E-state index is 13.9. The molecule has 0 saturated carbocycles. The molecule has 1 rings (SSSR count). The molecule has 3 nitrogen and oxygen atoms in total. The normalized spacial score (nSPS) is 14.2. The van der Waals surface area contributed by atoms with Crippen molar-refractivity contribution in [3.63, 3.8) is 0 Å². The molecule has 19 heavy (non-hydrogen) atoms. The SMILES string of the molecule is CCCNC(C)c1ccc(OCC(C)OC)c(F)c1. The van der Waals surface area contributed by atoms with Crippen LogP contribution in [0.25, 0.3) is 0 Å². The Hall–Kier alpha value is -1.13. The average molecular weight is 269 g/mol. The molecule has 1 N–H and O–H groups in total. The van der Waals surface area contributed by atoms with E-state index in [0.717, 1.165) is 18.5 Å². The van der Waals surface area contributed by atoms with Crippen LogP contribution in [-0.4, -0.2) is 26.4 Å². The van der Waals surface area contributed by atoms with E-state index in [1.165, 1.54) is 6.07 Å². The summed E-state index contributed by atoms with van der Waals surface area (Å²) in [7, 11) is 1.61. The van der Waals surface area contributed by atoms with E-state index in [1.54, 1.807) is 13.2 Å². The summed E-state index contributed by atoms with van der Waals surface area (Å²) >= 11 is 0. The molecular weight excluding hydrogens is 245 g/mol. The first-order valence-corrected chi connectivity index (χ1v) is 6.76. The second-order valence-corrected chi connectivity index (χ2v) is 4.72. The smallest absolute Gasteiger partial charge is 0.165 e. The Bertz CT molecular complexity index is 384. The lowest BCUT2D eigenvalue weighted by molar-refractivity contribution is 0.0701. The van der Waals surface area contributed by atoms with E-state index in [9.17, 15) is 4.39 Å². The van der Waals surface area contributed by atoms with Gasteiger partial charge in [0.2, 0.25) is 0 Å². The van der Waals surface area contributed by atoms with Crippen LogP contribution in [0.1, 0.15) is 38.8 Å². The van der Waals surface area contributed by atoms with Crippen LogP contribution in [0.5, 0.6) is 5.75 Å². The van der Waals surface area contributed by atoms with Crippen LogP contribution in [0.4, 0.5) is 4.39 Å². The molecule has 0 aliphatic carbocycles. The van der Waals surface area contributed by atoms with Gasteiger partial charge in [0.15, 0.2) is 11.6 Å². The van der Waals surface area contributed by atoms with Gasteiger partial charge < -0.3 is 14.8 Å². The summed E-state index contributed by atoms with van der Waals surface area (Å²) in [5.41, 5.74) is 0.929. The number of methoxy groups -OCH3 is 1. The van der Waals surface area contributed by atoms with Gasteiger partial charge in [0.05, 0.1) is 6.10 Å². The number of benzene rings is 1. The molecule has 4 heteroatoms. The minimum Gasteiger partial charge on any atom is -0.488 e. The Kier molecular flexibility index (Phi) is 6.81. The summed E-state index contributed by atoms with van der Waals surface area (Å²) < 4.78 is 24.3. The zero-order valence-corrected chi connectivity index (χ0v) is 12.2. The fourth-order valence-corrected chi connectivity index (χ4v) is 1.66. The van der Waals surface area contributed by atoms with Gasteiger partial charge in [0, 0.05) is 13.2 Å². The first-order valence-electron chi connectivity index (χ1n) is 6.76. The maximum absolute atomic E-state index is 13.9. The minimum atomic E-state index is -0.328. The highest BCUT2D eigenvalue weighted by atomic mass is 19.1. The van der Waals surface area contributed by atoms with Crippen molar-refractivity contribution in [3.8, 4) is 5.75 Å². The maximum Gasteiger partial charge on any atom is 0.165 e. The van der Waals surface area contributed by atoms with Crippen LogP contribution < -0.4 is 10.1 Å². The van der Waals surface area contributed by atoms with Gasteiger partial charge >= 0.3 is 0 Å². The monoisotopic (exact) mass is 269 g/mol. The summed E-state index contributed by atoms with van der Waals surface area (Å²) in [6.45, 7) is 7.28. The molecule has 2 unspecified atom stereocenters. The Morgan fingerprint density at radius 2 is 2.05 bits per heavy atom. The van der Waals surface area contributed by atoms with Crippen LogP contribution >= 0.6 is 0 Å².